The van der Waals surface area contributed by atoms with Crippen molar-refractivity contribution in [2.45, 2.75) is 6.92 Å². The molecule has 0 amide bonds. The Morgan fingerprint density at radius 2 is 1.82 bits per heavy atom. The Bertz CT molecular complexity index is 991. The van der Waals surface area contributed by atoms with Gasteiger partial charge in [-0.05, 0) is 30.7 Å². The third kappa shape index (κ3) is 2.17. The summed E-state index contributed by atoms with van der Waals surface area (Å²) >= 11 is 14.3. The highest BCUT2D eigenvalue weighted by molar-refractivity contribution is 7.21. The topological polar surface area (TPSA) is 25.8 Å². The number of pyridine rings is 1. The maximum absolute atomic E-state index is 6.39. The van der Waals surface area contributed by atoms with Gasteiger partial charge in [-0.2, -0.15) is 0 Å². The van der Waals surface area contributed by atoms with Crippen molar-refractivity contribution in [3.05, 3.63) is 58.2 Å². The van der Waals surface area contributed by atoms with Gasteiger partial charge >= 0.3 is 0 Å². The van der Waals surface area contributed by atoms with Crippen LogP contribution in [0.2, 0.25) is 10.2 Å². The summed E-state index contributed by atoms with van der Waals surface area (Å²) in [7, 11) is 0. The van der Waals surface area contributed by atoms with E-state index < -0.39 is 0 Å². The van der Waals surface area contributed by atoms with Crippen LogP contribution in [0, 0.1) is 6.92 Å². The zero-order chi connectivity index (χ0) is 15.3. The van der Waals surface area contributed by atoms with Crippen LogP contribution in [0.4, 0.5) is 0 Å². The summed E-state index contributed by atoms with van der Waals surface area (Å²) in [5.74, 6) is 0. The summed E-state index contributed by atoms with van der Waals surface area (Å²) in [6, 6.07) is 14.0. The lowest BCUT2D eigenvalue weighted by molar-refractivity contribution is 1.37. The lowest BCUT2D eigenvalue weighted by Crippen LogP contribution is -1.88. The number of nitrogens with zero attached hydrogens (tertiary/aromatic N) is 2. The Labute approximate surface area is 141 Å². The molecule has 0 unspecified atom stereocenters. The Morgan fingerprint density at radius 1 is 1.00 bits per heavy atom. The van der Waals surface area contributed by atoms with Crippen LogP contribution < -0.4 is 0 Å². The van der Waals surface area contributed by atoms with Gasteiger partial charge in [0.2, 0.25) is 0 Å². The molecule has 2 aromatic heterocycles. The standard InChI is InChI=1S/C17H10Cl2N2S/c1-9-6-7-10-8-11(16(19)21-15(10)14(9)18)17-20-12-4-2-3-5-13(12)22-17/h2-8H,1H3. The first kappa shape index (κ1) is 13.9. The van der Waals surface area contributed by atoms with Crippen LogP contribution in [0.15, 0.2) is 42.5 Å². The Morgan fingerprint density at radius 3 is 2.64 bits per heavy atom. The largest absolute Gasteiger partial charge is 0.236 e. The summed E-state index contributed by atoms with van der Waals surface area (Å²) < 4.78 is 1.13. The molecule has 0 saturated heterocycles. The molecular formula is C17H10Cl2N2S. The fourth-order valence-corrected chi connectivity index (χ4v) is 3.90. The summed E-state index contributed by atoms with van der Waals surface area (Å²) in [5.41, 5.74) is 3.54. The number of aromatic nitrogens is 2. The van der Waals surface area contributed by atoms with Gasteiger partial charge in [0.15, 0.2) is 0 Å². The highest BCUT2D eigenvalue weighted by Gasteiger charge is 2.14. The van der Waals surface area contributed by atoms with Gasteiger partial charge in [-0.25, -0.2) is 9.97 Å². The fraction of sp³-hybridized carbons (Fsp3) is 0.0588. The van der Waals surface area contributed by atoms with Gasteiger partial charge in [0, 0.05) is 10.9 Å². The van der Waals surface area contributed by atoms with Crippen LogP contribution in [-0.4, -0.2) is 9.97 Å². The second kappa shape index (κ2) is 5.20. The van der Waals surface area contributed by atoms with Crippen LogP contribution in [0.1, 0.15) is 5.56 Å². The Hall–Kier alpha value is -1.68. The number of para-hydroxylation sites is 1. The zero-order valence-corrected chi connectivity index (χ0v) is 13.9. The Balaban J connectivity index is 1.98. The first-order valence-corrected chi connectivity index (χ1v) is 8.32. The quantitative estimate of drug-likeness (QED) is 0.388. The molecule has 0 aliphatic heterocycles. The molecule has 0 bridgehead atoms. The van der Waals surface area contributed by atoms with Crippen molar-refractivity contribution < 1.29 is 0 Å². The van der Waals surface area contributed by atoms with Crippen molar-refractivity contribution in [1.82, 2.24) is 9.97 Å². The Kier molecular flexibility index (Phi) is 3.30. The number of fused-ring (bicyclic) bond motifs is 2. The van der Waals surface area contributed by atoms with Crippen molar-refractivity contribution in [1.29, 1.82) is 0 Å². The first-order valence-electron chi connectivity index (χ1n) is 6.75. The molecule has 0 N–H and O–H groups in total. The average molecular weight is 345 g/mol. The lowest BCUT2D eigenvalue weighted by Gasteiger charge is -2.06. The predicted molar refractivity (Wildman–Crippen MR) is 95.1 cm³/mol. The van der Waals surface area contributed by atoms with Crippen molar-refractivity contribution >= 4 is 55.7 Å². The van der Waals surface area contributed by atoms with E-state index in [1.807, 2.05) is 43.3 Å². The lowest BCUT2D eigenvalue weighted by atomic mass is 10.1. The minimum Gasteiger partial charge on any atom is -0.236 e. The number of thiazole rings is 1. The zero-order valence-electron chi connectivity index (χ0n) is 11.6. The molecule has 108 valence electrons. The van der Waals surface area contributed by atoms with Gasteiger partial charge in [0.05, 0.1) is 20.8 Å². The number of rotatable bonds is 1. The van der Waals surface area contributed by atoms with E-state index in [0.29, 0.717) is 10.2 Å². The summed E-state index contributed by atoms with van der Waals surface area (Å²) in [5, 5.41) is 2.92. The molecule has 2 heterocycles. The van der Waals surface area contributed by atoms with E-state index in [1.165, 1.54) is 0 Å². The average Bonchev–Trinajstić information content (AvgIpc) is 2.95. The van der Waals surface area contributed by atoms with E-state index in [4.69, 9.17) is 23.2 Å². The van der Waals surface area contributed by atoms with Crippen LogP contribution in [0.5, 0.6) is 0 Å². The molecule has 5 heteroatoms. The molecule has 4 aromatic rings. The molecule has 4 rings (SSSR count). The minimum absolute atomic E-state index is 0.430. The van der Waals surface area contributed by atoms with E-state index in [1.54, 1.807) is 11.3 Å². The highest BCUT2D eigenvalue weighted by Crippen LogP contribution is 2.37. The van der Waals surface area contributed by atoms with E-state index in [2.05, 4.69) is 16.0 Å². The molecule has 0 spiro atoms. The number of hydrogen-bond acceptors (Lipinski definition) is 3. The first-order chi connectivity index (χ1) is 10.6. The molecule has 0 atom stereocenters. The van der Waals surface area contributed by atoms with Crippen LogP contribution in [0.25, 0.3) is 31.7 Å². The van der Waals surface area contributed by atoms with Crippen molar-refractivity contribution in [3.8, 4) is 10.6 Å². The normalized spacial score (nSPS) is 11.4. The fourth-order valence-electron chi connectivity index (χ4n) is 2.42. The van der Waals surface area contributed by atoms with Gasteiger partial charge < -0.3 is 0 Å². The monoisotopic (exact) mass is 344 g/mol. The van der Waals surface area contributed by atoms with Crippen molar-refractivity contribution in [2.75, 3.05) is 0 Å². The van der Waals surface area contributed by atoms with Crippen LogP contribution >= 0.6 is 34.5 Å². The molecule has 0 radical (unpaired) electrons. The second-order valence-corrected chi connectivity index (χ2v) is 6.85. The summed E-state index contributed by atoms with van der Waals surface area (Å²) in [6.07, 6.45) is 0. The summed E-state index contributed by atoms with van der Waals surface area (Å²) in [6.45, 7) is 1.96. The van der Waals surface area contributed by atoms with Crippen LogP contribution in [-0.2, 0) is 0 Å². The van der Waals surface area contributed by atoms with E-state index in [0.717, 1.165) is 37.3 Å². The van der Waals surface area contributed by atoms with E-state index in [9.17, 15) is 0 Å². The number of benzene rings is 2. The molecule has 0 saturated carbocycles. The molecule has 22 heavy (non-hydrogen) atoms. The molecule has 0 fully saturated rings. The molecule has 0 aliphatic rings. The third-order valence-corrected chi connectivity index (χ3v) is 5.43. The van der Waals surface area contributed by atoms with Crippen molar-refractivity contribution in [2.24, 2.45) is 0 Å². The van der Waals surface area contributed by atoms with Gasteiger partial charge in [-0.3, -0.25) is 0 Å². The maximum atomic E-state index is 6.39. The van der Waals surface area contributed by atoms with Gasteiger partial charge in [-0.1, -0.05) is 47.5 Å². The predicted octanol–water partition coefficient (Wildman–Crippen LogP) is 6.13. The summed E-state index contributed by atoms with van der Waals surface area (Å²) in [4.78, 5) is 9.13. The highest BCUT2D eigenvalue weighted by atomic mass is 35.5. The minimum atomic E-state index is 0.430. The number of halogens is 2. The van der Waals surface area contributed by atoms with Crippen LogP contribution in [0.3, 0.4) is 0 Å². The molecular weight excluding hydrogens is 335 g/mol. The SMILES string of the molecule is Cc1ccc2cc(-c3nc4ccccc4s3)c(Cl)nc2c1Cl. The molecule has 0 aliphatic carbocycles. The number of hydrogen-bond donors (Lipinski definition) is 0. The van der Waals surface area contributed by atoms with Gasteiger partial charge in [0.25, 0.3) is 0 Å². The smallest absolute Gasteiger partial charge is 0.140 e. The van der Waals surface area contributed by atoms with Gasteiger partial charge in [-0.15, -0.1) is 11.3 Å². The maximum Gasteiger partial charge on any atom is 0.140 e. The van der Waals surface area contributed by atoms with Crippen molar-refractivity contribution in [3.63, 3.8) is 0 Å². The van der Waals surface area contributed by atoms with E-state index >= 15 is 0 Å². The number of aryl methyl sites for hydroxylation is 1. The molecule has 2 aromatic carbocycles. The van der Waals surface area contributed by atoms with E-state index in [-0.39, 0.29) is 0 Å². The second-order valence-electron chi connectivity index (χ2n) is 5.08. The molecule has 2 nitrogen and oxygen atoms in total. The van der Waals surface area contributed by atoms with Gasteiger partial charge in [0.1, 0.15) is 10.2 Å². The third-order valence-electron chi connectivity index (χ3n) is 3.60.